The van der Waals surface area contributed by atoms with Gasteiger partial charge in [0, 0.05) is 5.56 Å². The number of nitrogens with two attached hydrogens (primary N) is 1. The predicted octanol–water partition coefficient (Wildman–Crippen LogP) is 0.184. The Morgan fingerprint density at radius 3 is 3.05 bits per heavy atom. The molecule has 4 N–H and O–H groups in total. The molecular weight excluding hydrogens is 261 g/mol. The Labute approximate surface area is 114 Å². The average molecular weight is 273 g/mol. The first kappa shape index (κ1) is 13.7. The van der Waals surface area contributed by atoms with Crippen LogP contribution in [0.4, 0.5) is 4.39 Å². The molecule has 0 saturated heterocycles. The number of carbonyl (C=O) groups is 1. The first-order valence-corrected chi connectivity index (χ1v) is 5.81. The van der Waals surface area contributed by atoms with E-state index in [2.05, 4.69) is 32.3 Å². The number of amides is 1. The lowest BCUT2D eigenvalue weighted by atomic mass is 10.1. The molecule has 1 aromatic carbocycles. The highest BCUT2D eigenvalue weighted by Gasteiger charge is 2.11. The Kier molecular flexibility index (Phi) is 4.42. The van der Waals surface area contributed by atoms with Crippen molar-refractivity contribution < 1.29 is 9.18 Å². The molecule has 0 atom stereocenters. The minimum Gasteiger partial charge on any atom is -0.345 e. The maximum atomic E-state index is 13.2. The first-order valence-electron chi connectivity index (χ1n) is 5.81. The van der Waals surface area contributed by atoms with Gasteiger partial charge in [-0.05, 0) is 18.2 Å². The number of benzene rings is 1. The number of nitrogens with one attached hydrogen (secondary N) is 2. The van der Waals surface area contributed by atoms with E-state index in [1.54, 1.807) is 0 Å². The van der Waals surface area contributed by atoms with Crippen molar-refractivity contribution in [1.29, 1.82) is 0 Å². The van der Waals surface area contributed by atoms with Gasteiger partial charge in [0.15, 0.2) is 0 Å². The number of aromatic nitrogens is 3. The Morgan fingerprint density at radius 1 is 1.50 bits per heavy atom. The van der Waals surface area contributed by atoms with Crippen LogP contribution in [0.2, 0.25) is 0 Å². The van der Waals surface area contributed by atoms with Gasteiger partial charge in [-0.15, -0.1) is 0 Å². The summed E-state index contributed by atoms with van der Waals surface area (Å²) in [6, 6.07) is 3.79. The van der Waals surface area contributed by atoms with E-state index in [1.807, 2.05) is 0 Å². The summed E-state index contributed by atoms with van der Waals surface area (Å²) in [6.07, 6.45) is 1.34. The lowest BCUT2D eigenvalue weighted by Gasteiger charge is -2.05. The Hall–Kier alpha value is -2.72. The lowest BCUT2D eigenvalue weighted by molar-refractivity contribution is 0.0949. The molecule has 0 fully saturated rings. The third-order valence-corrected chi connectivity index (χ3v) is 2.43. The number of hydrogen-bond acceptors (Lipinski definition) is 4. The summed E-state index contributed by atoms with van der Waals surface area (Å²) in [7, 11) is 0. The molecule has 0 aliphatic carbocycles. The summed E-state index contributed by atoms with van der Waals surface area (Å²) in [5.74, 6) is 4.97. The normalized spacial score (nSPS) is 9.70. The fourth-order valence-electron chi connectivity index (χ4n) is 1.54. The summed E-state index contributed by atoms with van der Waals surface area (Å²) in [4.78, 5) is 15.9. The van der Waals surface area contributed by atoms with Crippen LogP contribution in [0, 0.1) is 17.7 Å². The molecule has 0 radical (unpaired) electrons. The zero-order valence-electron chi connectivity index (χ0n) is 10.5. The SMILES string of the molecule is NCC#Cc1cc(F)ccc1C(=O)NCc1ncn[nH]1. The van der Waals surface area contributed by atoms with Gasteiger partial charge in [0.05, 0.1) is 18.7 Å². The van der Waals surface area contributed by atoms with Crippen molar-refractivity contribution in [3.05, 3.63) is 47.3 Å². The van der Waals surface area contributed by atoms with Gasteiger partial charge in [0.2, 0.25) is 0 Å². The topological polar surface area (TPSA) is 96.7 Å². The standard InChI is InChI=1S/C13H12FN5O/c14-10-3-4-11(9(6-10)2-1-5-15)13(20)16-7-12-17-8-18-19-12/h3-4,6,8H,5,7,15H2,(H,16,20)(H,17,18,19). The highest BCUT2D eigenvalue weighted by molar-refractivity contribution is 5.96. The largest absolute Gasteiger partial charge is 0.345 e. The second kappa shape index (κ2) is 6.45. The van der Waals surface area contributed by atoms with Crippen molar-refractivity contribution in [2.75, 3.05) is 6.54 Å². The molecule has 0 aliphatic heterocycles. The smallest absolute Gasteiger partial charge is 0.252 e. The molecule has 0 spiro atoms. The van der Waals surface area contributed by atoms with E-state index >= 15 is 0 Å². The molecule has 0 saturated carbocycles. The summed E-state index contributed by atoms with van der Waals surface area (Å²) in [5, 5.41) is 8.93. The molecule has 7 heteroatoms. The second-order valence-electron chi connectivity index (χ2n) is 3.81. The van der Waals surface area contributed by atoms with Crippen molar-refractivity contribution in [2.24, 2.45) is 5.73 Å². The van der Waals surface area contributed by atoms with Gasteiger partial charge in [0.25, 0.3) is 5.91 Å². The summed E-state index contributed by atoms with van der Waals surface area (Å²) < 4.78 is 13.2. The average Bonchev–Trinajstić information content (AvgIpc) is 2.96. The number of H-pyrrole nitrogens is 1. The van der Waals surface area contributed by atoms with E-state index in [0.29, 0.717) is 11.4 Å². The molecule has 20 heavy (non-hydrogen) atoms. The lowest BCUT2D eigenvalue weighted by Crippen LogP contribution is -2.24. The summed E-state index contributed by atoms with van der Waals surface area (Å²) in [6.45, 7) is 0.329. The van der Waals surface area contributed by atoms with E-state index in [4.69, 9.17) is 5.73 Å². The van der Waals surface area contributed by atoms with Crippen LogP contribution in [0.5, 0.6) is 0 Å². The molecule has 0 bridgehead atoms. The van der Waals surface area contributed by atoms with E-state index in [1.165, 1.54) is 24.5 Å². The fraction of sp³-hybridized carbons (Fsp3) is 0.154. The molecule has 6 nitrogen and oxygen atoms in total. The van der Waals surface area contributed by atoms with Crippen LogP contribution < -0.4 is 11.1 Å². The van der Waals surface area contributed by atoms with Crippen LogP contribution in [0.25, 0.3) is 0 Å². The van der Waals surface area contributed by atoms with Gasteiger partial charge < -0.3 is 11.1 Å². The molecule has 0 unspecified atom stereocenters. The molecule has 102 valence electrons. The predicted molar refractivity (Wildman–Crippen MR) is 69.9 cm³/mol. The van der Waals surface area contributed by atoms with E-state index in [0.717, 1.165) is 0 Å². The molecule has 1 amide bonds. The number of aromatic amines is 1. The Balaban J connectivity index is 2.16. The summed E-state index contributed by atoms with van der Waals surface area (Å²) in [5.41, 5.74) is 5.86. The van der Waals surface area contributed by atoms with Crippen LogP contribution in [0.15, 0.2) is 24.5 Å². The van der Waals surface area contributed by atoms with Crippen LogP contribution in [0.1, 0.15) is 21.7 Å². The van der Waals surface area contributed by atoms with Crippen molar-refractivity contribution in [1.82, 2.24) is 20.5 Å². The third-order valence-electron chi connectivity index (χ3n) is 2.43. The second-order valence-corrected chi connectivity index (χ2v) is 3.81. The number of hydrogen-bond donors (Lipinski definition) is 3. The maximum absolute atomic E-state index is 13.2. The third kappa shape index (κ3) is 3.40. The van der Waals surface area contributed by atoms with Crippen molar-refractivity contribution in [3.63, 3.8) is 0 Å². The van der Waals surface area contributed by atoms with Crippen LogP contribution in [0.3, 0.4) is 0 Å². The zero-order valence-corrected chi connectivity index (χ0v) is 10.5. The van der Waals surface area contributed by atoms with Gasteiger partial charge >= 0.3 is 0 Å². The van der Waals surface area contributed by atoms with E-state index in [-0.39, 0.29) is 24.6 Å². The molecule has 1 aromatic heterocycles. The molecular formula is C13H12FN5O. The number of rotatable bonds is 3. The first-order chi connectivity index (χ1) is 9.70. The van der Waals surface area contributed by atoms with Gasteiger partial charge in [0.1, 0.15) is 18.0 Å². The van der Waals surface area contributed by atoms with Crippen LogP contribution in [-0.4, -0.2) is 27.6 Å². The summed E-state index contributed by atoms with van der Waals surface area (Å²) >= 11 is 0. The van der Waals surface area contributed by atoms with E-state index in [9.17, 15) is 9.18 Å². The highest BCUT2D eigenvalue weighted by atomic mass is 19.1. The Morgan fingerprint density at radius 2 is 2.35 bits per heavy atom. The van der Waals surface area contributed by atoms with Crippen molar-refractivity contribution in [3.8, 4) is 11.8 Å². The number of carbonyl (C=O) groups excluding carboxylic acids is 1. The number of nitrogens with zero attached hydrogens (tertiary/aromatic N) is 2. The van der Waals surface area contributed by atoms with E-state index < -0.39 is 5.82 Å². The monoisotopic (exact) mass is 273 g/mol. The van der Waals surface area contributed by atoms with Crippen molar-refractivity contribution in [2.45, 2.75) is 6.54 Å². The molecule has 2 aromatic rings. The number of halogens is 1. The quantitative estimate of drug-likeness (QED) is 0.695. The maximum Gasteiger partial charge on any atom is 0.252 e. The van der Waals surface area contributed by atoms with Crippen LogP contribution in [-0.2, 0) is 6.54 Å². The van der Waals surface area contributed by atoms with Gasteiger partial charge in [-0.3, -0.25) is 9.89 Å². The fourth-order valence-corrected chi connectivity index (χ4v) is 1.54. The molecule has 1 heterocycles. The minimum atomic E-state index is -0.460. The zero-order chi connectivity index (χ0) is 14.4. The van der Waals surface area contributed by atoms with Gasteiger partial charge in [-0.2, -0.15) is 5.10 Å². The molecule has 2 rings (SSSR count). The van der Waals surface area contributed by atoms with Gasteiger partial charge in [-0.1, -0.05) is 11.8 Å². The highest BCUT2D eigenvalue weighted by Crippen LogP contribution is 2.10. The van der Waals surface area contributed by atoms with Gasteiger partial charge in [-0.25, -0.2) is 9.37 Å². The Bertz CT molecular complexity index is 657. The molecule has 0 aliphatic rings. The minimum absolute atomic E-state index is 0.135. The van der Waals surface area contributed by atoms with Crippen molar-refractivity contribution >= 4 is 5.91 Å². The van der Waals surface area contributed by atoms with Crippen LogP contribution >= 0.6 is 0 Å².